The summed E-state index contributed by atoms with van der Waals surface area (Å²) >= 11 is 0.405. The Hall–Kier alpha value is -2.16. The minimum absolute atomic E-state index is 0.226. The van der Waals surface area contributed by atoms with Crippen LogP contribution in [0.4, 0.5) is 14.5 Å². The highest BCUT2D eigenvalue weighted by molar-refractivity contribution is 7.99. The van der Waals surface area contributed by atoms with E-state index in [0.717, 1.165) is 0 Å². The Kier molecular flexibility index (Phi) is 6.13. The lowest BCUT2D eigenvalue weighted by atomic mass is 10.2. The molecule has 0 radical (unpaired) electrons. The number of esters is 1. The highest BCUT2D eigenvalue weighted by atomic mass is 32.2. The number of thioether (sulfide) groups is 1. The van der Waals surface area contributed by atoms with E-state index in [4.69, 9.17) is 4.74 Å². The van der Waals surface area contributed by atoms with Gasteiger partial charge in [0.2, 0.25) is 5.91 Å². The molecule has 2 N–H and O–H groups in total. The van der Waals surface area contributed by atoms with Gasteiger partial charge in [-0.05, 0) is 37.6 Å². The van der Waals surface area contributed by atoms with Crippen molar-refractivity contribution in [3.63, 3.8) is 0 Å². The standard InChI is InChI=1S/C15H16F2N2O4S/c1-8(23-14(22)11-6-7-12(20)19-11)13(21)18-9-2-4-10(5-3-9)24-15(16)17/h2-5,8,11,15H,6-7H2,1H3,(H,18,21)(H,19,20)/t8-,11+/m1/s1. The number of halogens is 2. The molecule has 1 saturated heterocycles. The second-order valence-corrected chi connectivity index (χ2v) is 6.19. The summed E-state index contributed by atoms with van der Waals surface area (Å²) in [6.07, 6.45) is -0.455. The van der Waals surface area contributed by atoms with Crippen LogP contribution in [-0.2, 0) is 19.1 Å². The van der Waals surface area contributed by atoms with Crippen LogP contribution in [0.3, 0.4) is 0 Å². The van der Waals surface area contributed by atoms with E-state index in [2.05, 4.69) is 10.6 Å². The van der Waals surface area contributed by atoms with Crippen molar-refractivity contribution in [1.82, 2.24) is 5.32 Å². The highest BCUT2D eigenvalue weighted by Gasteiger charge is 2.30. The fraction of sp³-hybridized carbons (Fsp3) is 0.400. The first-order valence-electron chi connectivity index (χ1n) is 7.21. The highest BCUT2D eigenvalue weighted by Crippen LogP contribution is 2.26. The lowest BCUT2D eigenvalue weighted by Crippen LogP contribution is -2.39. The molecule has 2 amide bonds. The van der Waals surface area contributed by atoms with Crippen molar-refractivity contribution in [3.8, 4) is 0 Å². The topological polar surface area (TPSA) is 84.5 Å². The number of ether oxygens (including phenoxy) is 1. The molecule has 1 fully saturated rings. The van der Waals surface area contributed by atoms with Crippen LogP contribution in [-0.4, -0.2) is 35.7 Å². The van der Waals surface area contributed by atoms with Crippen molar-refractivity contribution >= 4 is 35.2 Å². The van der Waals surface area contributed by atoms with E-state index in [1.807, 2.05) is 0 Å². The maximum atomic E-state index is 12.2. The molecule has 6 nitrogen and oxygen atoms in total. The smallest absolute Gasteiger partial charge is 0.329 e. The number of amides is 2. The van der Waals surface area contributed by atoms with Crippen LogP contribution in [0.15, 0.2) is 29.2 Å². The first kappa shape index (κ1) is 18.2. The Morgan fingerprint density at radius 1 is 1.33 bits per heavy atom. The molecule has 24 heavy (non-hydrogen) atoms. The van der Waals surface area contributed by atoms with E-state index < -0.39 is 29.8 Å². The minimum atomic E-state index is -2.51. The van der Waals surface area contributed by atoms with E-state index in [0.29, 0.717) is 28.8 Å². The predicted octanol–water partition coefficient (Wildman–Crippen LogP) is 2.15. The number of hydrogen-bond donors (Lipinski definition) is 2. The average molecular weight is 358 g/mol. The lowest BCUT2D eigenvalue weighted by molar-refractivity contribution is -0.155. The van der Waals surface area contributed by atoms with Gasteiger partial charge in [0, 0.05) is 17.0 Å². The zero-order valence-electron chi connectivity index (χ0n) is 12.8. The molecule has 1 aromatic carbocycles. The van der Waals surface area contributed by atoms with Crippen molar-refractivity contribution in [2.45, 2.75) is 42.6 Å². The number of carbonyl (C=O) groups excluding carboxylic acids is 3. The Balaban J connectivity index is 1.84. The normalized spacial score (nSPS) is 18.2. The van der Waals surface area contributed by atoms with Crippen LogP contribution < -0.4 is 10.6 Å². The second-order valence-electron chi connectivity index (χ2n) is 5.13. The molecule has 2 atom stereocenters. The van der Waals surface area contributed by atoms with E-state index in [9.17, 15) is 23.2 Å². The molecular weight excluding hydrogens is 342 g/mol. The third kappa shape index (κ3) is 5.19. The molecular formula is C15H16F2N2O4S. The first-order valence-corrected chi connectivity index (χ1v) is 8.08. The number of rotatable bonds is 6. The van der Waals surface area contributed by atoms with Gasteiger partial charge in [-0.15, -0.1) is 0 Å². The number of hydrogen-bond acceptors (Lipinski definition) is 5. The van der Waals surface area contributed by atoms with Crippen LogP contribution in [0.25, 0.3) is 0 Å². The van der Waals surface area contributed by atoms with Crippen molar-refractivity contribution < 1.29 is 27.9 Å². The van der Waals surface area contributed by atoms with Gasteiger partial charge in [-0.1, -0.05) is 11.8 Å². The molecule has 0 aromatic heterocycles. The van der Waals surface area contributed by atoms with E-state index in [-0.39, 0.29) is 12.3 Å². The summed E-state index contributed by atoms with van der Waals surface area (Å²) in [5.41, 5.74) is 0.399. The molecule has 1 aromatic rings. The Morgan fingerprint density at radius 3 is 2.54 bits per heavy atom. The minimum Gasteiger partial charge on any atom is -0.451 e. The predicted molar refractivity (Wildman–Crippen MR) is 83.7 cm³/mol. The number of nitrogens with one attached hydrogen (secondary N) is 2. The lowest BCUT2D eigenvalue weighted by Gasteiger charge is -2.16. The van der Waals surface area contributed by atoms with Crippen LogP contribution in [0.5, 0.6) is 0 Å². The monoisotopic (exact) mass is 358 g/mol. The van der Waals surface area contributed by atoms with E-state index in [1.54, 1.807) is 0 Å². The summed E-state index contributed by atoms with van der Waals surface area (Å²) in [7, 11) is 0. The molecule has 0 saturated carbocycles. The van der Waals surface area contributed by atoms with E-state index >= 15 is 0 Å². The van der Waals surface area contributed by atoms with Crippen LogP contribution in [0, 0.1) is 0 Å². The summed E-state index contributed by atoms with van der Waals surface area (Å²) in [6.45, 7) is 1.41. The molecule has 9 heteroatoms. The van der Waals surface area contributed by atoms with Gasteiger partial charge in [0.15, 0.2) is 6.10 Å². The fourth-order valence-electron chi connectivity index (χ4n) is 2.06. The zero-order valence-corrected chi connectivity index (χ0v) is 13.6. The van der Waals surface area contributed by atoms with Gasteiger partial charge < -0.3 is 15.4 Å². The number of benzene rings is 1. The van der Waals surface area contributed by atoms with Crippen molar-refractivity contribution in [2.75, 3.05) is 5.32 Å². The van der Waals surface area contributed by atoms with Crippen molar-refractivity contribution in [3.05, 3.63) is 24.3 Å². The van der Waals surface area contributed by atoms with Gasteiger partial charge in [-0.3, -0.25) is 9.59 Å². The summed E-state index contributed by atoms with van der Waals surface area (Å²) in [4.78, 5) is 35.2. The van der Waals surface area contributed by atoms with Gasteiger partial charge >= 0.3 is 5.97 Å². The maximum Gasteiger partial charge on any atom is 0.329 e. The summed E-state index contributed by atoms with van der Waals surface area (Å²) in [5.74, 6) is -3.95. The molecule has 0 unspecified atom stereocenters. The molecule has 1 heterocycles. The number of anilines is 1. The van der Waals surface area contributed by atoms with Gasteiger partial charge in [0.1, 0.15) is 6.04 Å². The SMILES string of the molecule is C[C@@H](OC(=O)[C@@H]1CCC(=O)N1)C(=O)Nc1ccc(SC(F)F)cc1. The summed E-state index contributed by atoms with van der Waals surface area (Å²) in [5, 5.41) is 4.99. The van der Waals surface area contributed by atoms with E-state index in [1.165, 1.54) is 31.2 Å². The van der Waals surface area contributed by atoms with Gasteiger partial charge in [0.25, 0.3) is 11.7 Å². The quantitative estimate of drug-likeness (QED) is 0.601. The molecule has 1 aliphatic rings. The molecule has 2 rings (SSSR count). The van der Waals surface area contributed by atoms with Gasteiger partial charge in [-0.25, -0.2) is 4.79 Å². The summed E-state index contributed by atoms with van der Waals surface area (Å²) in [6, 6.07) is 5.15. The Bertz CT molecular complexity index is 624. The number of alkyl halides is 2. The molecule has 1 aliphatic heterocycles. The average Bonchev–Trinajstić information content (AvgIpc) is 2.95. The molecule has 0 aliphatic carbocycles. The third-order valence-corrected chi connectivity index (χ3v) is 4.01. The Labute approximate surface area is 141 Å². The summed E-state index contributed by atoms with van der Waals surface area (Å²) < 4.78 is 29.5. The fourth-order valence-corrected chi connectivity index (χ4v) is 2.56. The van der Waals surface area contributed by atoms with Crippen LogP contribution in [0.1, 0.15) is 19.8 Å². The van der Waals surface area contributed by atoms with Crippen molar-refractivity contribution in [1.29, 1.82) is 0 Å². The number of carbonyl (C=O) groups is 3. The largest absolute Gasteiger partial charge is 0.451 e. The van der Waals surface area contributed by atoms with Gasteiger partial charge in [-0.2, -0.15) is 8.78 Å². The Morgan fingerprint density at radius 2 is 2.00 bits per heavy atom. The maximum absolute atomic E-state index is 12.2. The van der Waals surface area contributed by atoms with Crippen LogP contribution >= 0.6 is 11.8 Å². The molecule has 130 valence electrons. The first-order chi connectivity index (χ1) is 11.3. The second kappa shape index (κ2) is 8.09. The van der Waals surface area contributed by atoms with Crippen LogP contribution in [0.2, 0.25) is 0 Å². The van der Waals surface area contributed by atoms with Gasteiger partial charge in [0.05, 0.1) is 0 Å². The molecule has 0 spiro atoms. The zero-order chi connectivity index (χ0) is 17.7. The third-order valence-electron chi connectivity index (χ3n) is 3.29. The molecule has 0 bridgehead atoms. The van der Waals surface area contributed by atoms with Crippen molar-refractivity contribution in [2.24, 2.45) is 0 Å².